The van der Waals surface area contributed by atoms with E-state index < -0.39 is 17.5 Å². The fraction of sp³-hybridized carbons (Fsp3) is 0.391. The molecule has 5 nitrogen and oxygen atoms in total. The molecule has 1 unspecified atom stereocenters. The van der Waals surface area contributed by atoms with E-state index in [0.29, 0.717) is 13.0 Å². The third-order valence-corrected chi connectivity index (χ3v) is 6.21. The van der Waals surface area contributed by atoms with Gasteiger partial charge in [-0.1, -0.05) is 48.5 Å². The average molecular weight is 379 g/mol. The maximum atomic E-state index is 12.8. The van der Waals surface area contributed by atoms with Crippen LogP contribution in [0.15, 0.2) is 48.5 Å². The molecule has 2 aromatic rings. The molecule has 0 aromatic heterocycles. The number of nitrogens with zero attached hydrogens (tertiary/aromatic N) is 1. The summed E-state index contributed by atoms with van der Waals surface area (Å²) in [5, 5.41) is 9.54. The van der Waals surface area contributed by atoms with Crippen molar-refractivity contribution in [2.24, 2.45) is 5.41 Å². The third kappa shape index (κ3) is 2.95. The molecule has 1 aliphatic carbocycles. The van der Waals surface area contributed by atoms with Crippen molar-refractivity contribution in [2.45, 2.75) is 38.6 Å². The number of carbonyl (C=O) groups is 2. The van der Waals surface area contributed by atoms with Crippen LogP contribution in [0.4, 0.5) is 4.79 Å². The Labute approximate surface area is 164 Å². The van der Waals surface area contributed by atoms with Crippen LogP contribution < -0.4 is 0 Å². The van der Waals surface area contributed by atoms with E-state index in [1.54, 1.807) is 18.7 Å². The zero-order valence-electron chi connectivity index (χ0n) is 16.2. The molecule has 1 heterocycles. The molecule has 4 rings (SSSR count). The van der Waals surface area contributed by atoms with Gasteiger partial charge in [0.25, 0.3) is 0 Å². The summed E-state index contributed by atoms with van der Waals surface area (Å²) in [6.45, 7) is 4.14. The highest BCUT2D eigenvalue weighted by Crippen LogP contribution is 2.44. The van der Waals surface area contributed by atoms with Crippen LogP contribution in [0.25, 0.3) is 11.1 Å². The molecule has 1 aliphatic heterocycles. The lowest BCUT2D eigenvalue weighted by molar-refractivity contribution is -0.149. The number of carbonyl (C=O) groups excluding carboxylic acids is 1. The van der Waals surface area contributed by atoms with Gasteiger partial charge in [0, 0.05) is 12.5 Å². The van der Waals surface area contributed by atoms with Gasteiger partial charge in [-0.3, -0.25) is 4.79 Å². The normalized spacial score (nSPS) is 18.6. The Kier molecular flexibility index (Phi) is 4.61. The molecule has 5 heteroatoms. The number of fused-ring (bicyclic) bond motifs is 3. The number of amides is 1. The van der Waals surface area contributed by atoms with Gasteiger partial charge in [0.2, 0.25) is 0 Å². The molecule has 0 radical (unpaired) electrons. The quantitative estimate of drug-likeness (QED) is 0.849. The van der Waals surface area contributed by atoms with Crippen LogP contribution in [0.3, 0.4) is 0 Å². The smallest absolute Gasteiger partial charge is 0.410 e. The minimum atomic E-state index is -0.998. The van der Waals surface area contributed by atoms with Crippen LogP contribution in [0.1, 0.15) is 43.7 Å². The third-order valence-electron chi connectivity index (χ3n) is 6.21. The summed E-state index contributed by atoms with van der Waals surface area (Å²) >= 11 is 0. The van der Waals surface area contributed by atoms with Crippen molar-refractivity contribution in [3.8, 4) is 11.1 Å². The van der Waals surface area contributed by atoms with E-state index in [4.69, 9.17) is 4.74 Å². The fourth-order valence-electron chi connectivity index (χ4n) is 4.56. The largest absolute Gasteiger partial charge is 0.481 e. The molecule has 1 atom stereocenters. The molecule has 1 saturated heterocycles. The lowest BCUT2D eigenvalue weighted by Crippen LogP contribution is -2.48. The molecule has 1 N–H and O–H groups in total. The molecule has 146 valence electrons. The summed E-state index contributed by atoms with van der Waals surface area (Å²) in [5.41, 5.74) is 3.71. The van der Waals surface area contributed by atoms with Gasteiger partial charge < -0.3 is 14.7 Å². The molecule has 28 heavy (non-hydrogen) atoms. The first-order valence-corrected chi connectivity index (χ1v) is 9.76. The van der Waals surface area contributed by atoms with Gasteiger partial charge in [-0.15, -0.1) is 0 Å². The summed E-state index contributed by atoms with van der Waals surface area (Å²) in [5.74, 6) is -0.888. The zero-order chi connectivity index (χ0) is 19.9. The lowest BCUT2D eigenvalue weighted by atomic mass is 9.83. The molecule has 1 amide bonds. The molecular weight excluding hydrogens is 354 g/mol. The Morgan fingerprint density at radius 2 is 1.64 bits per heavy atom. The standard InChI is InChI=1S/C23H25NO4/c1-23(2,21(25)26)20-12-7-13-24(20)22(27)28-14-19-17-10-5-3-8-15(17)16-9-4-6-11-18(16)19/h3-6,8-11,19-20H,7,12-14H2,1-2H3,(H,25,26). The number of hydrogen-bond acceptors (Lipinski definition) is 3. The SMILES string of the molecule is CC(C)(C(=O)O)C1CCCN1C(=O)OCC1c2ccccc2-c2ccccc21. The predicted octanol–water partition coefficient (Wildman–Crippen LogP) is 4.51. The summed E-state index contributed by atoms with van der Waals surface area (Å²) < 4.78 is 5.72. The number of carboxylic acids is 1. The van der Waals surface area contributed by atoms with Crippen LogP contribution in [0.5, 0.6) is 0 Å². The molecule has 2 aliphatic rings. The Hall–Kier alpha value is -2.82. The van der Waals surface area contributed by atoms with Crippen molar-refractivity contribution in [1.82, 2.24) is 4.90 Å². The van der Waals surface area contributed by atoms with E-state index in [0.717, 1.165) is 6.42 Å². The maximum absolute atomic E-state index is 12.8. The van der Waals surface area contributed by atoms with E-state index in [-0.39, 0.29) is 18.6 Å². The molecular formula is C23H25NO4. The maximum Gasteiger partial charge on any atom is 0.410 e. The molecule has 0 saturated carbocycles. The summed E-state index contributed by atoms with van der Waals surface area (Å²) in [6.07, 6.45) is 1.06. The highest BCUT2D eigenvalue weighted by Gasteiger charge is 2.45. The van der Waals surface area contributed by atoms with E-state index in [2.05, 4.69) is 24.3 Å². The van der Waals surface area contributed by atoms with Gasteiger partial charge in [0.1, 0.15) is 6.61 Å². The van der Waals surface area contributed by atoms with Crippen LogP contribution >= 0.6 is 0 Å². The second kappa shape index (κ2) is 6.97. The van der Waals surface area contributed by atoms with Gasteiger partial charge >= 0.3 is 12.1 Å². The average Bonchev–Trinajstić information content (AvgIpc) is 3.30. The number of benzene rings is 2. The van der Waals surface area contributed by atoms with E-state index >= 15 is 0 Å². The first kappa shape index (κ1) is 18.5. The van der Waals surface area contributed by atoms with Crippen molar-refractivity contribution < 1.29 is 19.4 Å². The van der Waals surface area contributed by atoms with Gasteiger partial charge in [-0.05, 0) is 48.9 Å². The summed E-state index contributed by atoms with van der Waals surface area (Å²) in [6, 6.07) is 16.1. The number of aliphatic carboxylic acids is 1. The molecule has 1 fully saturated rings. The van der Waals surface area contributed by atoms with E-state index in [9.17, 15) is 14.7 Å². The topological polar surface area (TPSA) is 66.8 Å². The lowest BCUT2D eigenvalue weighted by Gasteiger charge is -2.34. The number of carboxylic acid groups (broad SMARTS) is 1. The van der Waals surface area contributed by atoms with Crippen LogP contribution in [0, 0.1) is 5.41 Å². The highest BCUT2D eigenvalue weighted by molar-refractivity contribution is 5.79. The van der Waals surface area contributed by atoms with Crippen molar-refractivity contribution >= 4 is 12.1 Å². The minimum absolute atomic E-state index is 0.00453. The summed E-state index contributed by atoms with van der Waals surface area (Å²) in [7, 11) is 0. The molecule has 2 aromatic carbocycles. The van der Waals surface area contributed by atoms with Crippen molar-refractivity contribution in [2.75, 3.05) is 13.2 Å². The van der Waals surface area contributed by atoms with Crippen molar-refractivity contribution in [1.29, 1.82) is 0 Å². The van der Waals surface area contributed by atoms with Gasteiger partial charge in [0.05, 0.1) is 11.5 Å². The van der Waals surface area contributed by atoms with Gasteiger partial charge in [-0.25, -0.2) is 4.79 Å². The van der Waals surface area contributed by atoms with Crippen LogP contribution in [-0.4, -0.2) is 41.3 Å². The predicted molar refractivity (Wildman–Crippen MR) is 106 cm³/mol. The van der Waals surface area contributed by atoms with Crippen LogP contribution in [-0.2, 0) is 9.53 Å². The summed E-state index contributed by atoms with van der Waals surface area (Å²) in [4.78, 5) is 26.1. The highest BCUT2D eigenvalue weighted by atomic mass is 16.6. The Bertz CT molecular complexity index is 875. The monoisotopic (exact) mass is 379 g/mol. The number of ether oxygens (including phenoxy) is 1. The second-order valence-corrected chi connectivity index (χ2v) is 8.18. The first-order valence-electron chi connectivity index (χ1n) is 9.76. The van der Waals surface area contributed by atoms with Crippen molar-refractivity contribution in [3.63, 3.8) is 0 Å². The Morgan fingerprint density at radius 3 is 2.21 bits per heavy atom. The second-order valence-electron chi connectivity index (χ2n) is 8.18. The van der Waals surface area contributed by atoms with Gasteiger partial charge in [-0.2, -0.15) is 0 Å². The Morgan fingerprint density at radius 1 is 1.07 bits per heavy atom. The van der Waals surface area contributed by atoms with E-state index in [1.807, 2.05) is 24.3 Å². The zero-order valence-corrected chi connectivity index (χ0v) is 16.2. The number of hydrogen-bond donors (Lipinski definition) is 1. The molecule has 0 bridgehead atoms. The number of likely N-dealkylation sites (tertiary alicyclic amines) is 1. The van der Waals surface area contributed by atoms with E-state index in [1.165, 1.54) is 22.3 Å². The first-order chi connectivity index (χ1) is 13.4. The Balaban J connectivity index is 1.52. The molecule has 0 spiro atoms. The fourth-order valence-corrected chi connectivity index (χ4v) is 4.56. The van der Waals surface area contributed by atoms with Crippen LogP contribution in [0.2, 0.25) is 0 Å². The number of rotatable bonds is 4. The van der Waals surface area contributed by atoms with Gasteiger partial charge in [0.15, 0.2) is 0 Å². The minimum Gasteiger partial charge on any atom is -0.481 e. The van der Waals surface area contributed by atoms with Crippen molar-refractivity contribution in [3.05, 3.63) is 59.7 Å².